The molecule has 0 fully saturated rings. The molecule has 86 valence electrons. The molecule has 1 unspecified atom stereocenters. The summed E-state index contributed by atoms with van der Waals surface area (Å²) in [6, 6.07) is 2.58. The molecule has 1 heterocycles. The van der Waals surface area contributed by atoms with Gasteiger partial charge in [0.2, 0.25) is 0 Å². The van der Waals surface area contributed by atoms with Gasteiger partial charge in [0.05, 0.1) is 17.8 Å². The van der Waals surface area contributed by atoms with E-state index in [4.69, 9.17) is 0 Å². The van der Waals surface area contributed by atoms with E-state index >= 15 is 0 Å². The van der Waals surface area contributed by atoms with E-state index in [2.05, 4.69) is 35.9 Å². The van der Waals surface area contributed by atoms with Gasteiger partial charge in [-0.25, -0.2) is 0 Å². The highest BCUT2D eigenvalue weighted by molar-refractivity contribution is 5.00. The summed E-state index contributed by atoms with van der Waals surface area (Å²) in [5, 5.41) is 13.7. The molecule has 0 aromatic carbocycles. The van der Waals surface area contributed by atoms with Crippen molar-refractivity contribution in [2.75, 3.05) is 0 Å². The minimum atomic E-state index is -0.233. The molecule has 0 spiro atoms. The summed E-state index contributed by atoms with van der Waals surface area (Å²) in [6.07, 6.45) is 5.71. The second kappa shape index (κ2) is 5.91. The van der Waals surface area contributed by atoms with E-state index in [-0.39, 0.29) is 6.10 Å². The van der Waals surface area contributed by atoms with Gasteiger partial charge in [-0.2, -0.15) is 5.10 Å². The largest absolute Gasteiger partial charge is 0.393 e. The first kappa shape index (κ1) is 12.2. The zero-order valence-electron chi connectivity index (χ0n) is 9.98. The van der Waals surface area contributed by atoms with Crippen LogP contribution in [0.5, 0.6) is 0 Å². The Bertz CT molecular complexity index is 277. The molecule has 0 aliphatic rings. The number of rotatable bonds is 6. The van der Waals surface area contributed by atoms with E-state index in [0.717, 1.165) is 31.4 Å². The predicted molar refractivity (Wildman–Crippen MR) is 61.8 cm³/mol. The van der Waals surface area contributed by atoms with E-state index in [9.17, 15) is 5.11 Å². The molecule has 0 bridgehead atoms. The molecular formula is C12H22N2O. The number of aryl methyl sites for hydroxylation is 1. The van der Waals surface area contributed by atoms with Crippen LogP contribution in [0.15, 0.2) is 12.3 Å². The molecule has 0 aliphatic carbocycles. The van der Waals surface area contributed by atoms with Gasteiger partial charge in [-0.3, -0.25) is 4.68 Å². The Morgan fingerprint density at radius 1 is 1.40 bits per heavy atom. The van der Waals surface area contributed by atoms with Gasteiger partial charge < -0.3 is 5.11 Å². The molecule has 0 saturated heterocycles. The fourth-order valence-electron chi connectivity index (χ4n) is 1.73. The van der Waals surface area contributed by atoms with Crippen molar-refractivity contribution in [3.8, 4) is 0 Å². The van der Waals surface area contributed by atoms with Gasteiger partial charge in [0.1, 0.15) is 0 Å². The Balaban J connectivity index is 2.55. The summed E-state index contributed by atoms with van der Waals surface area (Å²) < 4.78 is 2.05. The van der Waals surface area contributed by atoms with Gasteiger partial charge in [-0.15, -0.1) is 0 Å². The minimum Gasteiger partial charge on any atom is -0.393 e. The number of hydrogen-bond acceptors (Lipinski definition) is 2. The molecule has 1 aromatic rings. The standard InChI is InChI=1S/C12H22N2O/c1-4-12(5-2)14-9-8-11(13-14)7-6-10(3)15/h8-10,12,15H,4-7H2,1-3H3. The first-order chi connectivity index (χ1) is 7.17. The number of aromatic nitrogens is 2. The maximum Gasteiger partial charge on any atom is 0.0625 e. The second-order valence-electron chi connectivity index (χ2n) is 4.15. The number of aliphatic hydroxyl groups excluding tert-OH is 1. The van der Waals surface area contributed by atoms with Crippen molar-refractivity contribution in [2.45, 2.75) is 58.6 Å². The minimum absolute atomic E-state index is 0.233. The van der Waals surface area contributed by atoms with Gasteiger partial charge in [0.25, 0.3) is 0 Å². The van der Waals surface area contributed by atoms with Crippen LogP contribution in [0, 0.1) is 0 Å². The van der Waals surface area contributed by atoms with Crippen molar-refractivity contribution in [1.29, 1.82) is 0 Å². The maximum atomic E-state index is 9.19. The second-order valence-corrected chi connectivity index (χ2v) is 4.15. The molecule has 0 saturated carbocycles. The first-order valence-electron chi connectivity index (χ1n) is 5.89. The highest BCUT2D eigenvalue weighted by atomic mass is 16.3. The van der Waals surface area contributed by atoms with E-state index in [0.29, 0.717) is 6.04 Å². The lowest BCUT2D eigenvalue weighted by Gasteiger charge is -2.12. The number of hydrogen-bond donors (Lipinski definition) is 1. The van der Waals surface area contributed by atoms with E-state index < -0.39 is 0 Å². The van der Waals surface area contributed by atoms with Crippen LogP contribution < -0.4 is 0 Å². The van der Waals surface area contributed by atoms with Crippen molar-refractivity contribution in [2.24, 2.45) is 0 Å². The van der Waals surface area contributed by atoms with Crippen molar-refractivity contribution >= 4 is 0 Å². The topological polar surface area (TPSA) is 38.0 Å². The average molecular weight is 210 g/mol. The predicted octanol–water partition coefficient (Wildman–Crippen LogP) is 2.56. The zero-order valence-corrected chi connectivity index (χ0v) is 9.98. The van der Waals surface area contributed by atoms with Crippen molar-refractivity contribution in [3.05, 3.63) is 18.0 Å². The van der Waals surface area contributed by atoms with Crippen LogP contribution in [0.1, 0.15) is 51.8 Å². The first-order valence-corrected chi connectivity index (χ1v) is 5.89. The number of nitrogens with zero attached hydrogens (tertiary/aromatic N) is 2. The van der Waals surface area contributed by atoms with Crippen LogP contribution in [0.25, 0.3) is 0 Å². The molecule has 0 amide bonds. The average Bonchev–Trinajstić information content (AvgIpc) is 2.65. The quantitative estimate of drug-likeness (QED) is 0.783. The van der Waals surface area contributed by atoms with E-state index in [1.807, 2.05) is 6.92 Å². The van der Waals surface area contributed by atoms with Crippen LogP contribution in [-0.2, 0) is 6.42 Å². The van der Waals surface area contributed by atoms with Crippen LogP contribution in [0.3, 0.4) is 0 Å². The van der Waals surface area contributed by atoms with Gasteiger partial charge >= 0.3 is 0 Å². The third kappa shape index (κ3) is 3.67. The smallest absolute Gasteiger partial charge is 0.0625 e. The van der Waals surface area contributed by atoms with Crippen LogP contribution in [0.4, 0.5) is 0 Å². The van der Waals surface area contributed by atoms with Gasteiger partial charge in [0.15, 0.2) is 0 Å². The highest BCUT2D eigenvalue weighted by Gasteiger charge is 2.08. The molecule has 3 nitrogen and oxygen atoms in total. The van der Waals surface area contributed by atoms with Crippen LogP contribution in [0.2, 0.25) is 0 Å². The molecule has 1 aromatic heterocycles. The molecule has 15 heavy (non-hydrogen) atoms. The van der Waals surface area contributed by atoms with Crippen LogP contribution >= 0.6 is 0 Å². The van der Waals surface area contributed by atoms with Gasteiger partial charge in [-0.1, -0.05) is 13.8 Å². The molecule has 1 rings (SSSR count). The zero-order chi connectivity index (χ0) is 11.3. The summed E-state index contributed by atoms with van der Waals surface area (Å²) in [6.45, 7) is 6.19. The lowest BCUT2D eigenvalue weighted by Crippen LogP contribution is -2.08. The van der Waals surface area contributed by atoms with Gasteiger partial charge in [0, 0.05) is 6.20 Å². The molecule has 1 atom stereocenters. The molecule has 3 heteroatoms. The summed E-state index contributed by atoms with van der Waals surface area (Å²) in [5.41, 5.74) is 1.09. The fourth-order valence-corrected chi connectivity index (χ4v) is 1.73. The Morgan fingerprint density at radius 3 is 2.60 bits per heavy atom. The lowest BCUT2D eigenvalue weighted by molar-refractivity contribution is 0.184. The van der Waals surface area contributed by atoms with E-state index in [1.54, 1.807) is 0 Å². The summed E-state index contributed by atoms with van der Waals surface area (Å²) in [7, 11) is 0. The normalized spacial score (nSPS) is 13.4. The highest BCUT2D eigenvalue weighted by Crippen LogP contribution is 2.15. The molecule has 0 radical (unpaired) electrons. The molecule has 1 N–H and O–H groups in total. The molecule has 0 aliphatic heterocycles. The third-order valence-electron chi connectivity index (χ3n) is 2.80. The summed E-state index contributed by atoms with van der Waals surface area (Å²) >= 11 is 0. The SMILES string of the molecule is CCC(CC)n1ccc(CCC(C)O)n1. The Hall–Kier alpha value is -0.830. The Labute approximate surface area is 92.1 Å². The van der Waals surface area contributed by atoms with Crippen molar-refractivity contribution < 1.29 is 5.11 Å². The van der Waals surface area contributed by atoms with E-state index in [1.165, 1.54) is 0 Å². The van der Waals surface area contributed by atoms with Gasteiger partial charge in [-0.05, 0) is 38.7 Å². The number of aliphatic hydroxyl groups is 1. The van der Waals surface area contributed by atoms with Crippen molar-refractivity contribution in [3.63, 3.8) is 0 Å². The molecular weight excluding hydrogens is 188 g/mol. The summed E-state index contributed by atoms with van der Waals surface area (Å²) in [5.74, 6) is 0. The monoisotopic (exact) mass is 210 g/mol. The Kier molecular flexibility index (Phi) is 4.82. The fraction of sp³-hybridized carbons (Fsp3) is 0.750. The van der Waals surface area contributed by atoms with Crippen LogP contribution in [-0.4, -0.2) is 21.0 Å². The third-order valence-corrected chi connectivity index (χ3v) is 2.80. The summed E-state index contributed by atoms with van der Waals surface area (Å²) in [4.78, 5) is 0. The Morgan fingerprint density at radius 2 is 2.07 bits per heavy atom. The lowest BCUT2D eigenvalue weighted by atomic mass is 10.2. The van der Waals surface area contributed by atoms with Crippen molar-refractivity contribution in [1.82, 2.24) is 9.78 Å². The maximum absolute atomic E-state index is 9.19.